The number of amides is 1. The SMILES string of the molecule is CCOc1ccc(CN(C)C(=NC)NCc2cccc(CN3CCCC3=O)c2)cc1.I. The molecule has 7 heteroatoms. The Morgan fingerprint density at radius 1 is 1.16 bits per heavy atom. The Bertz CT molecular complexity index is 870. The molecule has 3 rings (SSSR count). The van der Waals surface area contributed by atoms with Crippen molar-refractivity contribution in [2.75, 3.05) is 27.2 Å². The molecule has 1 aliphatic heterocycles. The van der Waals surface area contributed by atoms with Gasteiger partial charge in [-0.25, -0.2) is 0 Å². The molecular weight excluding hydrogens is 503 g/mol. The van der Waals surface area contributed by atoms with Gasteiger partial charge in [0.2, 0.25) is 5.91 Å². The fourth-order valence-electron chi connectivity index (χ4n) is 3.70. The highest BCUT2D eigenvalue weighted by molar-refractivity contribution is 14.0. The molecule has 1 fully saturated rings. The standard InChI is InChI=1S/C24H32N4O2.HI/c1-4-30-22-12-10-19(11-13-22)17-27(3)24(25-2)26-16-20-7-5-8-21(15-20)18-28-14-6-9-23(28)29;/h5,7-8,10-13,15H,4,6,9,14,16-18H2,1-3H3,(H,25,26);1H. The lowest BCUT2D eigenvalue weighted by atomic mass is 10.1. The van der Waals surface area contributed by atoms with Crippen LogP contribution in [0.15, 0.2) is 53.5 Å². The lowest BCUT2D eigenvalue weighted by Crippen LogP contribution is -2.38. The molecule has 31 heavy (non-hydrogen) atoms. The number of carbonyl (C=O) groups is 1. The van der Waals surface area contributed by atoms with Gasteiger partial charge in [0.1, 0.15) is 5.75 Å². The van der Waals surface area contributed by atoms with Gasteiger partial charge < -0.3 is 19.9 Å². The molecule has 168 valence electrons. The van der Waals surface area contributed by atoms with Crippen molar-refractivity contribution >= 4 is 35.8 Å². The minimum absolute atomic E-state index is 0. The van der Waals surface area contributed by atoms with E-state index in [2.05, 4.69) is 51.6 Å². The molecule has 1 aliphatic rings. The predicted molar refractivity (Wildman–Crippen MR) is 136 cm³/mol. The van der Waals surface area contributed by atoms with Crippen LogP contribution in [0.3, 0.4) is 0 Å². The van der Waals surface area contributed by atoms with Gasteiger partial charge in [-0.15, -0.1) is 24.0 Å². The average Bonchev–Trinajstić information content (AvgIpc) is 3.15. The number of ether oxygens (including phenoxy) is 1. The zero-order valence-electron chi connectivity index (χ0n) is 18.6. The van der Waals surface area contributed by atoms with Crippen LogP contribution in [-0.4, -0.2) is 48.9 Å². The van der Waals surface area contributed by atoms with Crippen LogP contribution in [-0.2, 0) is 24.4 Å². The Hall–Kier alpha value is -2.29. The molecule has 6 nitrogen and oxygen atoms in total. The molecule has 1 amide bonds. The number of aliphatic imine (C=N–C) groups is 1. The van der Waals surface area contributed by atoms with Crippen molar-refractivity contribution in [3.8, 4) is 5.75 Å². The van der Waals surface area contributed by atoms with E-state index in [4.69, 9.17) is 4.74 Å². The largest absolute Gasteiger partial charge is 0.494 e. The summed E-state index contributed by atoms with van der Waals surface area (Å²) in [7, 11) is 3.83. The number of likely N-dealkylation sites (tertiary alicyclic amines) is 1. The van der Waals surface area contributed by atoms with E-state index in [1.54, 1.807) is 7.05 Å². The van der Waals surface area contributed by atoms with Crippen LogP contribution in [0.25, 0.3) is 0 Å². The van der Waals surface area contributed by atoms with E-state index in [-0.39, 0.29) is 29.9 Å². The summed E-state index contributed by atoms with van der Waals surface area (Å²) < 4.78 is 5.51. The summed E-state index contributed by atoms with van der Waals surface area (Å²) >= 11 is 0. The van der Waals surface area contributed by atoms with Crippen molar-refractivity contribution in [2.45, 2.75) is 39.4 Å². The average molecular weight is 536 g/mol. The lowest BCUT2D eigenvalue weighted by Gasteiger charge is -2.22. The third kappa shape index (κ3) is 7.41. The Balaban J connectivity index is 0.00000341. The van der Waals surface area contributed by atoms with Gasteiger partial charge in [-0.05, 0) is 42.2 Å². The lowest BCUT2D eigenvalue weighted by molar-refractivity contribution is -0.128. The normalized spacial score (nSPS) is 13.7. The molecule has 1 saturated heterocycles. The van der Waals surface area contributed by atoms with Gasteiger partial charge in [-0.3, -0.25) is 9.79 Å². The number of hydrogen-bond acceptors (Lipinski definition) is 3. The number of guanidine groups is 1. The van der Waals surface area contributed by atoms with E-state index in [1.807, 2.05) is 31.0 Å². The van der Waals surface area contributed by atoms with Gasteiger partial charge in [-0.2, -0.15) is 0 Å². The van der Waals surface area contributed by atoms with E-state index in [0.29, 0.717) is 26.1 Å². The Morgan fingerprint density at radius 2 is 1.90 bits per heavy atom. The van der Waals surface area contributed by atoms with E-state index < -0.39 is 0 Å². The van der Waals surface area contributed by atoms with Crippen LogP contribution in [0.5, 0.6) is 5.75 Å². The number of benzene rings is 2. The summed E-state index contributed by atoms with van der Waals surface area (Å²) in [4.78, 5) is 20.3. The molecule has 0 spiro atoms. The summed E-state index contributed by atoms with van der Waals surface area (Å²) in [5, 5.41) is 3.44. The van der Waals surface area contributed by atoms with Crippen molar-refractivity contribution in [3.63, 3.8) is 0 Å². The van der Waals surface area contributed by atoms with Crippen LogP contribution in [0.1, 0.15) is 36.5 Å². The van der Waals surface area contributed by atoms with Crippen LogP contribution < -0.4 is 10.1 Å². The summed E-state index contributed by atoms with van der Waals surface area (Å²) in [5.41, 5.74) is 3.54. The number of rotatable bonds is 8. The van der Waals surface area contributed by atoms with E-state index in [1.165, 1.54) is 16.7 Å². The van der Waals surface area contributed by atoms with Crippen molar-refractivity contribution in [1.29, 1.82) is 0 Å². The topological polar surface area (TPSA) is 57.2 Å². The van der Waals surface area contributed by atoms with Gasteiger partial charge >= 0.3 is 0 Å². The molecule has 0 saturated carbocycles. The maximum Gasteiger partial charge on any atom is 0.222 e. The van der Waals surface area contributed by atoms with Gasteiger partial charge in [0, 0.05) is 46.7 Å². The first-order valence-corrected chi connectivity index (χ1v) is 10.6. The number of halogens is 1. The molecule has 0 unspecified atom stereocenters. The Labute approximate surface area is 202 Å². The molecule has 1 heterocycles. The second-order valence-corrected chi connectivity index (χ2v) is 7.57. The summed E-state index contributed by atoms with van der Waals surface area (Å²) in [6, 6.07) is 16.6. The fraction of sp³-hybridized carbons (Fsp3) is 0.417. The second-order valence-electron chi connectivity index (χ2n) is 7.57. The Morgan fingerprint density at radius 3 is 2.55 bits per heavy atom. The van der Waals surface area contributed by atoms with Gasteiger partial charge in [0.25, 0.3) is 0 Å². The van der Waals surface area contributed by atoms with Crippen LogP contribution >= 0.6 is 24.0 Å². The first-order valence-electron chi connectivity index (χ1n) is 10.6. The minimum Gasteiger partial charge on any atom is -0.494 e. The molecule has 0 atom stereocenters. The van der Waals surface area contributed by atoms with Crippen LogP contribution in [0.4, 0.5) is 0 Å². The summed E-state index contributed by atoms with van der Waals surface area (Å²) in [5.74, 6) is 1.99. The van der Waals surface area contributed by atoms with E-state index in [9.17, 15) is 4.79 Å². The highest BCUT2D eigenvalue weighted by Crippen LogP contribution is 2.16. The predicted octanol–water partition coefficient (Wildman–Crippen LogP) is 4.03. The first-order chi connectivity index (χ1) is 14.6. The molecule has 2 aromatic rings. The molecule has 0 aromatic heterocycles. The number of hydrogen-bond donors (Lipinski definition) is 1. The number of nitrogens with zero attached hydrogens (tertiary/aromatic N) is 3. The molecular formula is C24H33IN4O2. The maximum atomic E-state index is 11.9. The van der Waals surface area contributed by atoms with Crippen LogP contribution in [0, 0.1) is 0 Å². The monoisotopic (exact) mass is 536 g/mol. The van der Waals surface area contributed by atoms with Gasteiger partial charge in [0.05, 0.1) is 6.61 Å². The van der Waals surface area contributed by atoms with Crippen molar-refractivity contribution in [3.05, 3.63) is 65.2 Å². The van der Waals surface area contributed by atoms with Crippen molar-refractivity contribution in [2.24, 2.45) is 4.99 Å². The van der Waals surface area contributed by atoms with Gasteiger partial charge in [-0.1, -0.05) is 36.4 Å². The van der Waals surface area contributed by atoms with Crippen molar-refractivity contribution in [1.82, 2.24) is 15.1 Å². The number of nitrogens with one attached hydrogen (secondary N) is 1. The first kappa shape index (κ1) is 25.0. The molecule has 2 aromatic carbocycles. The molecule has 0 radical (unpaired) electrons. The second kappa shape index (κ2) is 12.5. The summed E-state index contributed by atoms with van der Waals surface area (Å²) in [6.45, 7) is 5.65. The van der Waals surface area contributed by atoms with Gasteiger partial charge in [0.15, 0.2) is 5.96 Å². The smallest absolute Gasteiger partial charge is 0.222 e. The Kier molecular flexibility index (Phi) is 10.1. The third-order valence-corrected chi connectivity index (χ3v) is 5.21. The van der Waals surface area contributed by atoms with E-state index >= 15 is 0 Å². The van der Waals surface area contributed by atoms with E-state index in [0.717, 1.165) is 31.2 Å². The maximum absolute atomic E-state index is 11.9. The number of carbonyl (C=O) groups excluding carboxylic acids is 1. The zero-order chi connectivity index (χ0) is 21.3. The minimum atomic E-state index is 0. The highest BCUT2D eigenvalue weighted by Gasteiger charge is 2.19. The summed E-state index contributed by atoms with van der Waals surface area (Å²) in [6.07, 6.45) is 1.65. The molecule has 0 aliphatic carbocycles. The fourth-order valence-corrected chi connectivity index (χ4v) is 3.70. The van der Waals surface area contributed by atoms with Crippen LogP contribution in [0.2, 0.25) is 0 Å². The zero-order valence-corrected chi connectivity index (χ0v) is 21.0. The highest BCUT2D eigenvalue weighted by atomic mass is 127. The molecule has 0 bridgehead atoms. The quantitative estimate of drug-likeness (QED) is 0.315. The third-order valence-electron chi connectivity index (χ3n) is 5.21. The molecule has 1 N–H and O–H groups in total. The van der Waals surface area contributed by atoms with Crippen molar-refractivity contribution < 1.29 is 9.53 Å².